The van der Waals surface area contributed by atoms with Gasteiger partial charge >= 0.3 is 0 Å². The van der Waals surface area contributed by atoms with Crippen LogP contribution >= 0.6 is 0 Å². The molecule has 0 radical (unpaired) electrons. The third-order valence-corrected chi connectivity index (χ3v) is 2.04. The van der Waals surface area contributed by atoms with Crippen LogP contribution in [0.3, 0.4) is 0 Å². The maximum Gasteiger partial charge on any atom is 0.127 e. The zero-order valence-corrected chi connectivity index (χ0v) is 7.81. The Kier molecular flexibility index (Phi) is 1.89. The molecule has 2 aromatic rings. The van der Waals surface area contributed by atoms with Gasteiger partial charge in [-0.05, 0) is 18.2 Å². The quantitative estimate of drug-likeness (QED) is 0.666. The highest BCUT2D eigenvalue weighted by molar-refractivity contribution is 5.79. The van der Waals surface area contributed by atoms with Crippen LogP contribution in [-0.2, 0) is 7.05 Å². The van der Waals surface area contributed by atoms with Crippen molar-refractivity contribution in [2.45, 2.75) is 0 Å². The van der Waals surface area contributed by atoms with E-state index >= 15 is 0 Å². The Balaban J connectivity index is 2.61. The number of anilines is 1. The van der Waals surface area contributed by atoms with Crippen molar-refractivity contribution in [2.75, 3.05) is 5.73 Å². The van der Waals surface area contributed by atoms with Gasteiger partial charge in [0.1, 0.15) is 5.75 Å². The van der Waals surface area contributed by atoms with Crippen molar-refractivity contribution >= 4 is 5.69 Å². The number of phenolic OH excluding ortho intramolecular Hbond substituents is 1. The highest BCUT2D eigenvalue weighted by Gasteiger charge is 2.09. The van der Waals surface area contributed by atoms with E-state index in [1.165, 1.54) is 0 Å². The zero-order chi connectivity index (χ0) is 10.1. The second-order valence-corrected chi connectivity index (χ2v) is 3.12. The maximum atomic E-state index is 9.62. The van der Waals surface area contributed by atoms with Crippen molar-refractivity contribution in [1.82, 2.24) is 9.78 Å². The van der Waals surface area contributed by atoms with Crippen LogP contribution < -0.4 is 5.73 Å². The van der Waals surface area contributed by atoms with Crippen molar-refractivity contribution < 1.29 is 5.11 Å². The predicted octanol–water partition coefficient (Wildman–Crippen LogP) is 1.37. The summed E-state index contributed by atoms with van der Waals surface area (Å²) in [6, 6.07) is 6.85. The second-order valence-electron chi connectivity index (χ2n) is 3.12. The first-order valence-electron chi connectivity index (χ1n) is 4.26. The number of nitrogens with two attached hydrogens (primary N) is 1. The van der Waals surface area contributed by atoms with Crippen LogP contribution in [0.25, 0.3) is 11.3 Å². The molecule has 0 aliphatic carbocycles. The topological polar surface area (TPSA) is 64.1 Å². The number of nitrogen functional groups attached to an aromatic ring is 1. The molecule has 0 saturated heterocycles. The SMILES string of the molecule is Cn1ccc(-c2c(N)cccc2O)n1. The molecule has 3 N–H and O–H groups in total. The van der Waals surface area contributed by atoms with E-state index in [9.17, 15) is 5.11 Å². The van der Waals surface area contributed by atoms with Gasteiger partial charge in [0.15, 0.2) is 0 Å². The van der Waals surface area contributed by atoms with Crippen LogP contribution in [-0.4, -0.2) is 14.9 Å². The number of nitrogens with zero attached hydrogens (tertiary/aromatic N) is 2. The van der Waals surface area contributed by atoms with E-state index in [1.54, 1.807) is 29.1 Å². The summed E-state index contributed by atoms with van der Waals surface area (Å²) in [4.78, 5) is 0. The number of phenols is 1. The number of benzene rings is 1. The number of aromatic hydroxyl groups is 1. The van der Waals surface area contributed by atoms with E-state index in [0.29, 0.717) is 16.9 Å². The summed E-state index contributed by atoms with van der Waals surface area (Å²) in [5.74, 6) is 0.156. The van der Waals surface area contributed by atoms with Crippen LogP contribution in [0.5, 0.6) is 5.75 Å². The molecule has 0 atom stereocenters. The molecule has 0 saturated carbocycles. The Morgan fingerprint density at radius 3 is 2.71 bits per heavy atom. The molecule has 14 heavy (non-hydrogen) atoms. The van der Waals surface area contributed by atoms with Gasteiger partial charge in [-0.1, -0.05) is 6.07 Å². The van der Waals surface area contributed by atoms with Gasteiger partial charge in [-0.25, -0.2) is 0 Å². The van der Waals surface area contributed by atoms with Gasteiger partial charge in [0.2, 0.25) is 0 Å². The molecule has 4 heteroatoms. The Hall–Kier alpha value is -1.97. The Morgan fingerprint density at radius 2 is 2.14 bits per heavy atom. The Labute approximate surface area is 81.6 Å². The van der Waals surface area contributed by atoms with E-state index < -0.39 is 0 Å². The molecule has 1 heterocycles. The third-order valence-electron chi connectivity index (χ3n) is 2.04. The maximum absolute atomic E-state index is 9.62. The summed E-state index contributed by atoms with van der Waals surface area (Å²) in [6.45, 7) is 0. The monoisotopic (exact) mass is 189 g/mol. The molecule has 0 aliphatic rings. The fraction of sp³-hybridized carbons (Fsp3) is 0.100. The van der Waals surface area contributed by atoms with Gasteiger partial charge < -0.3 is 10.8 Å². The molecule has 4 nitrogen and oxygen atoms in total. The predicted molar refractivity (Wildman–Crippen MR) is 54.7 cm³/mol. The van der Waals surface area contributed by atoms with Crippen LogP contribution in [0.4, 0.5) is 5.69 Å². The van der Waals surface area contributed by atoms with Gasteiger partial charge in [0.25, 0.3) is 0 Å². The number of aromatic nitrogens is 2. The number of rotatable bonds is 1. The van der Waals surface area contributed by atoms with Crippen LogP contribution in [0.2, 0.25) is 0 Å². The average molecular weight is 189 g/mol. The minimum Gasteiger partial charge on any atom is -0.507 e. The summed E-state index contributed by atoms with van der Waals surface area (Å²) >= 11 is 0. The summed E-state index contributed by atoms with van der Waals surface area (Å²) in [7, 11) is 1.82. The number of hydrogen-bond donors (Lipinski definition) is 2. The van der Waals surface area contributed by atoms with E-state index in [-0.39, 0.29) is 5.75 Å². The van der Waals surface area contributed by atoms with Crippen LogP contribution in [0.1, 0.15) is 0 Å². The molecule has 72 valence electrons. The fourth-order valence-corrected chi connectivity index (χ4v) is 1.38. The molecule has 0 bridgehead atoms. The fourth-order valence-electron chi connectivity index (χ4n) is 1.38. The standard InChI is InChI=1S/C10H11N3O/c1-13-6-5-8(12-13)10-7(11)3-2-4-9(10)14/h2-6,14H,11H2,1H3. The lowest BCUT2D eigenvalue weighted by Crippen LogP contribution is -1.92. The number of aryl methyl sites for hydroxylation is 1. The Morgan fingerprint density at radius 1 is 1.36 bits per heavy atom. The van der Waals surface area contributed by atoms with Crippen molar-refractivity contribution in [3.63, 3.8) is 0 Å². The second kappa shape index (κ2) is 3.06. The molecule has 2 rings (SSSR count). The largest absolute Gasteiger partial charge is 0.507 e. The van der Waals surface area contributed by atoms with E-state index in [1.807, 2.05) is 13.1 Å². The minimum absolute atomic E-state index is 0.156. The first-order valence-corrected chi connectivity index (χ1v) is 4.26. The molecule has 1 aromatic heterocycles. The van der Waals surface area contributed by atoms with Crippen LogP contribution in [0, 0.1) is 0 Å². The molecule has 0 fully saturated rings. The highest BCUT2D eigenvalue weighted by Crippen LogP contribution is 2.32. The highest BCUT2D eigenvalue weighted by atomic mass is 16.3. The molecule has 0 spiro atoms. The van der Waals surface area contributed by atoms with Gasteiger partial charge in [-0.3, -0.25) is 4.68 Å². The minimum atomic E-state index is 0.156. The van der Waals surface area contributed by atoms with Crippen molar-refractivity contribution in [3.8, 4) is 17.0 Å². The first-order chi connectivity index (χ1) is 6.68. The van der Waals surface area contributed by atoms with E-state index in [2.05, 4.69) is 5.10 Å². The Bertz CT molecular complexity index is 442. The smallest absolute Gasteiger partial charge is 0.127 e. The molecule has 0 unspecified atom stereocenters. The van der Waals surface area contributed by atoms with Gasteiger partial charge in [-0.15, -0.1) is 0 Å². The lowest BCUT2D eigenvalue weighted by atomic mass is 10.1. The first kappa shape index (κ1) is 8.62. The molecule has 0 amide bonds. The molecule has 0 aliphatic heterocycles. The van der Waals surface area contributed by atoms with Gasteiger partial charge in [-0.2, -0.15) is 5.10 Å². The summed E-state index contributed by atoms with van der Waals surface area (Å²) < 4.78 is 1.67. The normalized spacial score (nSPS) is 10.4. The summed E-state index contributed by atoms with van der Waals surface area (Å²) in [5, 5.41) is 13.8. The van der Waals surface area contributed by atoms with Gasteiger partial charge in [0, 0.05) is 18.9 Å². The molecule has 1 aromatic carbocycles. The lowest BCUT2D eigenvalue weighted by molar-refractivity contribution is 0.477. The van der Waals surface area contributed by atoms with Crippen LogP contribution in [0.15, 0.2) is 30.5 Å². The van der Waals surface area contributed by atoms with Crippen molar-refractivity contribution in [3.05, 3.63) is 30.5 Å². The summed E-state index contributed by atoms with van der Waals surface area (Å²) in [6.07, 6.45) is 1.81. The summed E-state index contributed by atoms with van der Waals surface area (Å²) in [5.41, 5.74) is 7.56. The lowest BCUT2D eigenvalue weighted by Gasteiger charge is -2.04. The van der Waals surface area contributed by atoms with Gasteiger partial charge in [0.05, 0.1) is 11.3 Å². The molecular weight excluding hydrogens is 178 g/mol. The molecular formula is C10H11N3O. The average Bonchev–Trinajstić information content (AvgIpc) is 2.51. The van der Waals surface area contributed by atoms with Crippen molar-refractivity contribution in [1.29, 1.82) is 0 Å². The van der Waals surface area contributed by atoms with E-state index in [4.69, 9.17) is 5.73 Å². The zero-order valence-electron chi connectivity index (χ0n) is 7.81. The van der Waals surface area contributed by atoms with Crippen molar-refractivity contribution in [2.24, 2.45) is 7.05 Å². The van der Waals surface area contributed by atoms with E-state index in [0.717, 1.165) is 0 Å². The third kappa shape index (κ3) is 1.31. The number of hydrogen-bond acceptors (Lipinski definition) is 3.